The van der Waals surface area contributed by atoms with E-state index in [4.69, 9.17) is 0 Å². The molecule has 0 unspecified atom stereocenters. The van der Waals surface area contributed by atoms with Gasteiger partial charge in [0.05, 0.1) is 0 Å². The van der Waals surface area contributed by atoms with Crippen LogP contribution in [0.3, 0.4) is 0 Å². The van der Waals surface area contributed by atoms with Crippen molar-refractivity contribution in [1.82, 2.24) is 10.2 Å². The van der Waals surface area contributed by atoms with E-state index < -0.39 is 0 Å². The van der Waals surface area contributed by atoms with Crippen LogP contribution in [0.15, 0.2) is 12.3 Å². The van der Waals surface area contributed by atoms with Crippen molar-refractivity contribution in [2.24, 2.45) is 0 Å². The first-order valence-corrected chi connectivity index (χ1v) is 4.84. The Hall–Kier alpha value is -0.500. The van der Waals surface area contributed by atoms with Gasteiger partial charge in [0.2, 0.25) is 0 Å². The van der Waals surface area contributed by atoms with Crippen LogP contribution < -0.4 is 5.32 Å². The van der Waals surface area contributed by atoms with Gasteiger partial charge in [0.15, 0.2) is 0 Å². The smallest absolute Gasteiger partial charge is 0.0298 e. The van der Waals surface area contributed by atoms with Gasteiger partial charge in [-0.25, -0.2) is 0 Å². The van der Waals surface area contributed by atoms with E-state index in [-0.39, 0.29) is 0 Å². The highest BCUT2D eigenvalue weighted by Gasteiger charge is 2.02. The summed E-state index contributed by atoms with van der Waals surface area (Å²) >= 11 is 0. The van der Waals surface area contributed by atoms with E-state index in [0.29, 0.717) is 0 Å². The van der Waals surface area contributed by atoms with Gasteiger partial charge in [0.25, 0.3) is 0 Å². The quantitative estimate of drug-likeness (QED) is 0.637. The molecule has 1 aliphatic rings. The molecule has 12 heavy (non-hydrogen) atoms. The molecule has 1 heterocycles. The van der Waals surface area contributed by atoms with Gasteiger partial charge in [0, 0.05) is 26.2 Å². The molecule has 0 aromatic carbocycles. The SMILES string of the molecule is [CH2]CCC/C=C/N1CCNCC1. The van der Waals surface area contributed by atoms with Gasteiger partial charge in [-0.3, -0.25) is 0 Å². The average molecular weight is 167 g/mol. The minimum absolute atomic E-state index is 1.05. The molecule has 0 saturated carbocycles. The highest BCUT2D eigenvalue weighted by Crippen LogP contribution is 1.98. The zero-order chi connectivity index (χ0) is 8.65. The van der Waals surface area contributed by atoms with Crippen molar-refractivity contribution in [3.05, 3.63) is 19.2 Å². The summed E-state index contributed by atoms with van der Waals surface area (Å²) in [6.45, 7) is 8.37. The molecular formula is C10H19N2. The molecule has 1 fully saturated rings. The standard InChI is InChI=1S/C10H19N2/c1-2-3-4-5-8-12-9-6-11-7-10-12/h5,8,11H,1-4,6-7,9-10H2/b8-5+. The Morgan fingerprint density at radius 2 is 2.08 bits per heavy atom. The number of hydrogen-bond acceptors (Lipinski definition) is 2. The van der Waals surface area contributed by atoms with Crippen LogP contribution in [-0.2, 0) is 0 Å². The van der Waals surface area contributed by atoms with Crippen molar-refractivity contribution in [1.29, 1.82) is 0 Å². The molecule has 1 rings (SSSR count). The Morgan fingerprint density at radius 3 is 2.75 bits per heavy atom. The van der Waals surface area contributed by atoms with E-state index in [0.717, 1.165) is 32.6 Å². The number of piperazine rings is 1. The van der Waals surface area contributed by atoms with E-state index in [9.17, 15) is 0 Å². The molecule has 0 spiro atoms. The summed E-state index contributed by atoms with van der Waals surface area (Å²) in [7, 11) is 0. The number of rotatable bonds is 4. The normalized spacial score (nSPS) is 18.9. The van der Waals surface area contributed by atoms with Crippen molar-refractivity contribution in [3.63, 3.8) is 0 Å². The summed E-state index contributed by atoms with van der Waals surface area (Å²) in [5.41, 5.74) is 0. The summed E-state index contributed by atoms with van der Waals surface area (Å²) in [6.07, 6.45) is 7.93. The van der Waals surface area contributed by atoms with Crippen LogP contribution in [-0.4, -0.2) is 31.1 Å². The number of nitrogens with one attached hydrogen (secondary N) is 1. The third kappa shape index (κ3) is 3.77. The van der Waals surface area contributed by atoms with E-state index >= 15 is 0 Å². The van der Waals surface area contributed by atoms with Crippen molar-refractivity contribution in [2.45, 2.75) is 19.3 Å². The summed E-state index contributed by atoms with van der Waals surface area (Å²) in [4.78, 5) is 2.37. The first kappa shape index (κ1) is 9.59. The van der Waals surface area contributed by atoms with Crippen LogP contribution in [0.5, 0.6) is 0 Å². The molecule has 1 aliphatic heterocycles. The second kappa shape index (κ2) is 6.06. The van der Waals surface area contributed by atoms with Crippen molar-refractivity contribution in [3.8, 4) is 0 Å². The Kier molecular flexibility index (Phi) is 4.85. The third-order valence-corrected chi connectivity index (χ3v) is 2.09. The molecule has 0 aliphatic carbocycles. The molecule has 2 nitrogen and oxygen atoms in total. The molecule has 69 valence electrons. The first-order chi connectivity index (χ1) is 5.93. The molecular weight excluding hydrogens is 148 g/mol. The summed E-state index contributed by atoms with van der Waals surface area (Å²) in [5, 5.41) is 3.33. The number of unbranched alkanes of at least 4 members (excludes halogenated alkanes) is 2. The van der Waals surface area contributed by atoms with Gasteiger partial charge in [-0.1, -0.05) is 19.4 Å². The fraction of sp³-hybridized carbons (Fsp3) is 0.700. The Labute approximate surface area is 75.6 Å². The van der Waals surface area contributed by atoms with Crippen LogP contribution in [0.4, 0.5) is 0 Å². The maximum absolute atomic E-state index is 3.81. The summed E-state index contributed by atoms with van der Waals surface area (Å²) in [5.74, 6) is 0. The van der Waals surface area contributed by atoms with Crippen LogP contribution in [0, 0.1) is 6.92 Å². The molecule has 1 N–H and O–H groups in total. The zero-order valence-corrected chi connectivity index (χ0v) is 7.76. The molecule has 0 aromatic heterocycles. The van der Waals surface area contributed by atoms with Crippen LogP contribution in [0.2, 0.25) is 0 Å². The Morgan fingerprint density at radius 1 is 1.33 bits per heavy atom. The summed E-state index contributed by atoms with van der Waals surface area (Å²) in [6, 6.07) is 0. The number of allylic oxidation sites excluding steroid dienone is 1. The van der Waals surface area contributed by atoms with Gasteiger partial charge >= 0.3 is 0 Å². The minimum atomic E-state index is 1.05. The first-order valence-electron chi connectivity index (χ1n) is 4.84. The van der Waals surface area contributed by atoms with E-state index in [1.807, 2.05) is 0 Å². The lowest BCUT2D eigenvalue weighted by atomic mass is 10.2. The van der Waals surface area contributed by atoms with E-state index in [2.05, 4.69) is 29.4 Å². The lowest BCUT2D eigenvalue weighted by molar-refractivity contribution is 0.323. The van der Waals surface area contributed by atoms with Gasteiger partial charge in [-0.05, 0) is 19.0 Å². The molecule has 1 radical (unpaired) electrons. The van der Waals surface area contributed by atoms with E-state index in [1.54, 1.807) is 0 Å². The molecule has 0 bridgehead atoms. The number of nitrogens with zero attached hydrogens (tertiary/aromatic N) is 1. The van der Waals surface area contributed by atoms with Crippen molar-refractivity contribution < 1.29 is 0 Å². The summed E-state index contributed by atoms with van der Waals surface area (Å²) < 4.78 is 0. The topological polar surface area (TPSA) is 15.3 Å². The molecule has 0 amide bonds. The Balaban J connectivity index is 2.07. The second-order valence-electron chi connectivity index (χ2n) is 3.17. The van der Waals surface area contributed by atoms with Crippen molar-refractivity contribution >= 4 is 0 Å². The van der Waals surface area contributed by atoms with Crippen LogP contribution in [0.1, 0.15) is 19.3 Å². The van der Waals surface area contributed by atoms with Gasteiger partial charge in [0.1, 0.15) is 0 Å². The van der Waals surface area contributed by atoms with Gasteiger partial charge < -0.3 is 10.2 Å². The fourth-order valence-corrected chi connectivity index (χ4v) is 1.32. The third-order valence-electron chi connectivity index (χ3n) is 2.09. The predicted molar refractivity (Wildman–Crippen MR) is 52.8 cm³/mol. The molecule has 2 heteroatoms. The highest BCUT2D eigenvalue weighted by molar-refractivity contribution is 4.84. The largest absolute Gasteiger partial charge is 0.375 e. The number of hydrogen-bond donors (Lipinski definition) is 1. The average Bonchev–Trinajstić information content (AvgIpc) is 2.14. The maximum atomic E-state index is 3.81. The fourth-order valence-electron chi connectivity index (χ4n) is 1.32. The minimum Gasteiger partial charge on any atom is -0.375 e. The lowest BCUT2D eigenvalue weighted by Crippen LogP contribution is -2.40. The monoisotopic (exact) mass is 167 g/mol. The maximum Gasteiger partial charge on any atom is 0.0298 e. The second-order valence-corrected chi connectivity index (χ2v) is 3.17. The van der Waals surface area contributed by atoms with Crippen molar-refractivity contribution in [2.75, 3.05) is 26.2 Å². The van der Waals surface area contributed by atoms with Crippen LogP contribution >= 0.6 is 0 Å². The van der Waals surface area contributed by atoms with Gasteiger partial charge in [-0.15, -0.1) is 0 Å². The van der Waals surface area contributed by atoms with Crippen LogP contribution in [0.25, 0.3) is 0 Å². The highest BCUT2D eigenvalue weighted by atomic mass is 15.2. The molecule has 0 aromatic rings. The van der Waals surface area contributed by atoms with E-state index in [1.165, 1.54) is 12.8 Å². The molecule has 0 atom stereocenters. The van der Waals surface area contributed by atoms with Gasteiger partial charge in [-0.2, -0.15) is 0 Å². The Bertz CT molecular complexity index is 126. The zero-order valence-electron chi connectivity index (χ0n) is 7.76. The molecule has 1 saturated heterocycles. The predicted octanol–water partition coefficient (Wildman–Crippen LogP) is 1.41. The lowest BCUT2D eigenvalue weighted by Gasteiger charge is -2.25.